The molecule has 1 N–H and O–H groups in total. The summed E-state index contributed by atoms with van der Waals surface area (Å²) in [7, 11) is 0. The Morgan fingerprint density at radius 3 is 2.81 bits per heavy atom. The Balaban J connectivity index is 1.81. The van der Waals surface area contributed by atoms with Gasteiger partial charge in [-0.2, -0.15) is 4.98 Å². The lowest BCUT2D eigenvalue weighted by Gasteiger charge is -2.08. The molecular weight excluding hydrogens is 352 g/mol. The van der Waals surface area contributed by atoms with Crippen LogP contribution in [0.5, 0.6) is 0 Å². The van der Waals surface area contributed by atoms with Gasteiger partial charge in [-0.25, -0.2) is 0 Å². The van der Waals surface area contributed by atoms with Gasteiger partial charge in [0.05, 0.1) is 15.9 Å². The number of hydrogen-bond donors (Lipinski definition) is 1. The Kier molecular flexibility index (Phi) is 4.04. The Morgan fingerprint density at radius 2 is 2.08 bits per heavy atom. The molecule has 3 aromatic heterocycles. The summed E-state index contributed by atoms with van der Waals surface area (Å²) < 4.78 is 6.85. The zero-order valence-electron chi connectivity index (χ0n) is 14.3. The summed E-state index contributed by atoms with van der Waals surface area (Å²) in [5, 5.41) is 4.04. The molecule has 0 radical (unpaired) electrons. The van der Waals surface area contributed by atoms with Crippen molar-refractivity contribution in [1.29, 1.82) is 0 Å². The molecule has 26 heavy (non-hydrogen) atoms. The van der Waals surface area contributed by atoms with Crippen LogP contribution in [0.15, 0.2) is 44.4 Å². The quantitative estimate of drug-likeness (QED) is 0.558. The molecule has 3 heterocycles. The minimum absolute atomic E-state index is 0.432. The minimum Gasteiger partial charge on any atom is -0.333 e. The fourth-order valence-electron chi connectivity index (χ4n) is 2.85. The molecule has 0 saturated heterocycles. The van der Waals surface area contributed by atoms with Gasteiger partial charge in [0.2, 0.25) is 5.82 Å². The van der Waals surface area contributed by atoms with Crippen molar-refractivity contribution in [2.45, 2.75) is 26.8 Å². The SMILES string of the molecule is CCCn1c(=O)c(=O)[nH]c2cc(-c3noc(-c4ccc(C)s4)n3)ccc21. The first-order chi connectivity index (χ1) is 12.6. The van der Waals surface area contributed by atoms with Gasteiger partial charge in [0.25, 0.3) is 5.89 Å². The molecule has 0 fully saturated rings. The van der Waals surface area contributed by atoms with Crippen LogP contribution in [0.4, 0.5) is 0 Å². The fraction of sp³-hybridized carbons (Fsp3) is 0.222. The molecule has 0 bridgehead atoms. The Labute approximate surface area is 151 Å². The lowest BCUT2D eigenvalue weighted by molar-refractivity contribution is 0.433. The number of benzene rings is 1. The predicted molar refractivity (Wildman–Crippen MR) is 100 cm³/mol. The summed E-state index contributed by atoms with van der Waals surface area (Å²) in [4.78, 5) is 33.2. The van der Waals surface area contributed by atoms with Gasteiger partial charge in [0, 0.05) is 17.0 Å². The van der Waals surface area contributed by atoms with Crippen molar-refractivity contribution in [1.82, 2.24) is 19.7 Å². The molecule has 4 aromatic rings. The van der Waals surface area contributed by atoms with E-state index in [1.165, 1.54) is 4.57 Å². The number of hydrogen-bond acceptors (Lipinski definition) is 6. The van der Waals surface area contributed by atoms with Gasteiger partial charge in [-0.3, -0.25) is 9.59 Å². The predicted octanol–water partition coefficient (Wildman–Crippen LogP) is 3.19. The smallest absolute Gasteiger partial charge is 0.316 e. The first-order valence-corrected chi connectivity index (χ1v) is 9.06. The van der Waals surface area contributed by atoms with E-state index in [0.29, 0.717) is 34.9 Å². The van der Waals surface area contributed by atoms with Gasteiger partial charge in [-0.1, -0.05) is 12.1 Å². The summed E-state index contributed by atoms with van der Waals surface area (Å²) in [6, 6.07) is 9.32. The molecule has 7 nitrogen and oxygen atoms in total. The number of nitrogens with one attached hydrogen (secondary N) is 1. The minimum atomic E-state index is -0.633. The highest BCUT2D eigenvalue weighted by atomic mass is 32.1. The van der Waals surface area contributed by atoms with Crippen LogP contribution >= 0.6 is 11.3 Å². The van der Waals surface area contributed by atoms with E-state index < -0.39 is 11.1 Å². The van der Waals surface area contributed by atoms with Crippen molar-refractivity contribution in [3.8, 4) is 22.2 Å². The van der Waals surface area contributed by atoms with Gasteiger partial charge in [0.15, 0.2) is 0 Å². The van der Waals surface area contributed by atoms with E-state index in [1.807, 2.05) is 32.0 Å². The van der Waals surface area contributed by atoms with Crippen molar-refractivity contribution < 1.29 is 4.52 Å². The number of aromatic nitrogens is 4. The maximum absolute atomic E-state index is 12.1. The first-order valence-electron chi connectivity index (χ1n) is 8.24. The topological polar surface area (TPSA) is 93.8 Å². The number of rotatable bonds is 4. The Bertz CT molecular complexity index is 1220. The number of H-pyrrole nitrogens is 1. The zero-order valence-corrected chi connectivity index (χ0v) is 15.1. The van der Waals surface area contributed by atoms with E-state index in [1.54, 1.807) is 23.5 Å². The largest absolute Gasteiger partial charge is 0.333 e. The second-order valence-corrected chi connectivity index (χ2v) is 7.26. The molecule has 0 aliphatic carbocycles. The van der Waals surface area contributed by atoms with Crippen LogP contribution in [-0.2, 0) is 6.54 Å². The van der Waals surface area contributed by atoms with E-state index in [2.05, 4.69) is 15.1 Å². The number of fused-ring (bicyclic) bond motifs is 1. The third-order valence-corrected chi connectivity index (χ3v) is 5.05. The van der Waals surface area contributed by atoms with Crippen molar-refractivity contribution in [2.75, 3.05) is 0 Å². The number of aromatic amines is 1. The zero-order chi connectivity index (χ0) is 18.3. The van der Waals surface area contributed by atoms with E-state index in [9.17, 15) is 9.59 Å². The molecule has 0 aliphatic rings. The highest BCUT2D eigenvalue weighted by Gasteiger charge is 2.14. The second kappa shape index (κ2) is 6.38. The van der Waals surface area contributed by atoms with Crippen LogP contribution in [0.3, 0.4) is 0 Å². The summed E-state index contributed by atoms with van der Waals surface area (Å²) in [5.41, 5.74) is 0.780. The molecule has 0 atom stereocenters. The molecule has 0 saturated carbocycles. The second-order valence-electron chi connectivity index (χ2n) is 5.98. The van der Waals surface area contributed by atoms with Crippen LogP contribution in [0.1, 0.15) is 18.2 Å². The van der Waals surface area contributed by atoms with E-state index in [-0.39, 0.29) is 0 Å². The summed E-state index contributed by atoms with van der Waals surface area (Å²) in [6.45, 7) is 4.46. The lowest BCUT2D eigenvalue weighted by atomic mass is 10.1. The van der Waals surface area contributed by atoms with Crippen molar-refractivity contribution in [3.05, 3.63) is 55.9 Å². The van der Waals surface area contributed by atoms with Gasteiger partial charge >= 0.3 is 11.1 Å². The molecular formula is C18H16N4O3S. The Hall–Kier alpha value is -3.00. The molecule has 4 rings (SSSR count). The summed E-state index contributed by atoms with van der Waals surface area (Å²) in [5.74, 6) is 0.893. The number of nitrogens with zero attached hydrogens (tertiary/aromatic N) is 3. The van der Waals surface area contributed by atoms with E-state index in [4.69, 9.17) is 4.52 Å². The normalized spacial score (nSPS) is 11.3. The molecule has 1 aromatic carbocycles. The highest BCUT2D eigenvalue weighted by molar-refractivity contribution is 7.15. The van der Waals surface area contributed by atoms with Crippen LogP contribution in [0, 0.1) is 6.92 Å². The summed E-state index contributed by atoms with van der Waals surface area (Å²) >= 11 is 1.58. The molecule has 8 heteroatoms. The number of aryl methyl sites for hydroxylation is 2. The fourth-order valence-corrected chi connectivity index (χ4v) is 3.64. The molecule has 0 unspecified atom stereocenters. The molecule has 0 amide bonds. The third kappa shape index (κ3) is 2.78. The van der Waals surface area contributed by atoms with Crippen LogP contribution < -0.4 is 11.1 Å². The third-order valence-electron chi connectivity index (χ3n) is 4.06. The van der Waals surface area contributed by atoms with Crippen LogP contribution in [0.25, 0.3) is 33.2 Å². The van der Waals surface area contributed by atoms with Crippen LogP contribution in [-0.4, -0.2) is 19.7 Å². The van der Waals surface area contributed by atoms with Gasteiger partial charge < -0.3 is 14.1 Å². The number of thiophene rings is 1. The molecule has 0 aliphatic heterocycles. The monoisotopic (exact) mass is 368 g/mol. The lowest BCUT2D eigenvalue weighted by Crippen LogP contribution is -2.36. The van der Waals surface area contributed by atoms with Gasteiger partial charge in [0.1, 0.15) is 0 Å². The molecule has 0 spiro atoms. The van der Waals surface area contributed by atoms with Crippen molar-refractivity contribution in [3.63, 3.8) is 0 Å². The maximum atomic E-state index is 12.1. The Morgan fingerprint density at radius 1 is 1.23 bits per heavy atom. The van der Waals surface area contributed by atoms with Crippen LogP contribution in [0.2, 0.25) is 0 Å². The maximum Gasteiger partial charge on any atom is 0.316 e. The summed E-state index contributed by atoms with van der Waals surface area (Å²) in [6.07, 6.45) is 0.759. The van der Waals surface area contributed by atoms with Crippen molar-refractivity contribution in [2.24, 2.45) is 0 Å². The first kappa shape index (κ1) is 16.5. The van der Waals surface area contributed by atoms with E-state index >= 15 is 0 Å². The van der Waals surface area contributed by atoms with Crippen molar-refractivity contribution >= 4 is 22.4 Å². The van der Waals surface area contributed by atoms with E-state index in [0.717, 1.165) is 16.2 Å². The highest BCUT2D eigenvalue weighted by Crippen LogP contribution is 2.28. The average Bonchev–Trinajstić information content (AvgIpc) is 3.27. The average molecular weight is 368 g/mol. The standard InChI is InChI=1S/C18H16N4O3S/c1-3-8-22-13-6-5-11(9-12(13)19-16(23)18(22)24)15-20-17(25-21-15)14-7-4-10(2)26-14/h4-7,9H,3,8H2,1-2H3,(H,19,23). The molecule has 132 valence electrons. The van der Waals surface area contributed by atoms with Gasteiger partial charge in [-0.05, 0) is 43.7 Å². The van der Waals surface area contributed by atoms with Gasteiger partial charge in [-0.15, -0.1) is 11.3 Å².